The highest BCUT2D eigenvalue weighted by atomic mass is 16.1. The van der Waals surface area contributed by atoms with Crippen LogP contribution in [-0.4, -0.2) is 12.5 Å². The Kier molecular flexibility index (Phi) is 4.20. The Morgan fingerprint density at radius 1 is 1.39 bits per heavy atom. The number of rotatable bonds is 4. The molecule has 2 atom stereocenters. The lowest BCUT2D eigenvalue weighted by atomic mass is 10.1. The Bertz CT molecular complexity index is 419. The fourth-order valence-electron chi connectivity index (χ4n) is 2.65. The monoisotopic (exact) mass is 247 g/mol. The van der Waals surface area contributed by atoms with Crippen LogP contribution >= 0.6 is 0 Å². The lowest BCUT2D eigenvalue weighted by Gasteiger charge is -2.13. The Labute approximate surface area is 108 Å². The van der Waals surface area contributed by atoms with Gasteiger partial charge in [-0.1, -0.05) is 25.5 Å². The normalized spacial score (nSPS) is 22.8. The highest BCUT2D eigenvalue weighted by Crippen LogP contribution is 2.29. The Morgan fingerprint density at radius 2 is 2.17 bits per heavy atom. The molecule has 4 nitrogen and oxygen atoms in total. The van der Waals surface area contributed by atoms with Gasteiger partial charge in [0.25, 0.3) is 5.91 Å². The zero-order chi connectivity index (χ0) is 13.0. The van der Waals surface area contributed by atoms with Crippen LogP contribution in [0.2, 0.25) is 0 Å². The second-order valence-corrected chi connectivity index (χ2v) is 5.18. The molecule has 0 aliphatic heterocycles. The van der Waals surface area contributed by atoms with Crippen molar-refractivity contribution in [3.63, 3.8) is 0 Å². The number of para-hydroxylation sites is 1. The van der Waals surface area contributed by atoms with E-state index < -0.39 is 0 Å². The van der Waals surface area contributed by atoms with E-state index in [-0.39, 0.29) is 5.91 Å². The summed E-state index contributed by atoms with van der Waals surface area (Å²) in [5, 5.41) is 3.00. The van der Waals surface area contributed by atoms with Gasteiger partial charge in [0.1, 0.15) is 0 Å². The molecule has 98 valence electrons. The number of nitrogens with two attached hydrogens (primary N) is 1. The molecule has 0 heterocycles. The molecular formula is C14H21N3O. The number of hydrazine groups is 1. The van der Waals surface area contributed by atoms with Crippen molar-refractivity contribution in [3.8, 4) is 0 Å². The zero-order valence-corrected chi connectivity index (χ0v) is 10.8. The van der Waals surface area contributed by atoms with Crippen molar-refractivity contribution in [2.75, 3.05) is 12.0 Å². The molecular weight excluding hydrogens is 226 g/mol. The molecule has 2 unspecified atom stereocenters. The molecule has 1 fully saturated rings. The molecule has 0 saturated heterocycles. The first-order valence-corrected chi connectivity index (χ1v) is 6.54. The first kappa shape index (κ1) is 12.9. The summed E-state index contributed by atoms with van der Waals surface area (Å²) in [6.45, 7) is 3.04. The lowest BCUT2D eigenvalue weighted by molar-refractivity contribution is 0.0948. The average Bonchev–Trinajstić information content (AvgIpc) is 2.81. The van der Waals surface area contributed by atoms with Crippen LogP contribution in [0, 0.1) is 11.8 Å². The van der Waals surface area contributed by atoms with Crippen molar-refractivity contribution in [3.05, 3.63) is 29.8 Å². The van der Waals surface area contributed by atoms with Crippen molar-refractivity contribution in [1.82, 2.24) is 5.32 Å². The number of benzene rings is 1. The maximum absolute atomic E-state index is 12.1. The predicted molar refractivity (Wildman–Crippen MR) is 73.1 cm³/mol. The SMILES string of the molecule is CC1CCC(CNC(=O)c2ccccc2NN)C1. The smallest absolute Gasteiger partial charge is 0.253 e. The third kappa shape index (κ3) is 3.01. The minimum absolute atomic E-state index is 0.0527. The Morgan fingerprint density at radius 3 is 2.83 bits per heavy atom. The number of hydrogen-bond donors (Lipinski definition) is 3. The van der Waals surface area contributed by atoms with E-state index in [1.54, 1.807) is 12.1 Å². The maximum Gasteiger partial charge on any atom is 0.253 e. The van der Waals surface area contributed by atoms with Gasteiger partial charge in [0, 0.05) is 6.54 Å². The fourth-order valence-corrected chi connectivity index (χ4v) is 2.65. The molecule has 0 spiro atoms. The minimum atomic E-state index is -0.0527. The lowest BCUT2D eigenvalue weighted by Crippen LogP contribution is -2.29. The van der Waals surface area contributed by atoms with E-state index in [1.165, 1.54) is 19.3 Å². The van der Waals surface area contributed by atoms with Gasteiger partial charge >= 0.3 is 0 Å². The van der Waals surface area contributed by atoms with Crippen molar-refractivity contribution in [2.24, 2.45) is 17.7 Å². The number of nitrogens with one attached hydrogen (secondary N) is 2. The molecule has 18 heavy (non-hydrogen) atoms. The van der Waals surface area contributed by atoms with Gasteiger partial charge in [0.2, 0.25) is 0 Å². The second kappa shape index (κ2) is 5.87. The summed E-state index contributed by atoms with van der Waals surface area (Å²) in [7, 11) is 0. The molecule has 1 aromatic rings. The summed E-state index contributed by atoms with van der Waals surface area (Å²) in [4.78, 5) is 12.1. The number of hydrogen-bond acceptors (Lipinski definition) is 3. The molecule has 1 amide bonds. The van der Waals surface area contributed by atoms with E-state index in [0.717, 1.165) is 12.5 Å². The standard InChI is InChI=1S/C14H21N3O/c1-10-6-7-11(8-10)9-16-14(18)12-4-2-3-5-13(12)17-15/h2-5,10-11,17H,6-9,15H2,1H3,(H,16,18). The minimum Gasteiger partial charge on any atom is -0.352 e. The summed E-state index contributed by atoms with van der Waals surface area (Å²) in [6, 6.07) is 7.27. The molecule has 0 bridgehead atoms. The highest BCUT2D eigenvalue weighted by Gasteiger charge is 2.22. The molecule has 1 aromatic carbocycles. The van der Waals surface area contributed by atoms with E-state index in [4.69, 9.17) is 5.84 Å². The van der Waals surface area contributed by atoms with Gasteiger partial charge < -0.3 is 10.7 Å². The van der Waals surface area contributed by atoms with Gasteiger partial charge in [-0.25, -0.2) is 0 Å². The van der Waals surface area contributed by atoms with Gasteiger partial charge in [-0.15, -0.1) is 0 Å². The van der Waals surface area contributed by atoms with Crippen LogP contribution < -0.4 is 16.6 Å². The van der Waals surface area contributed by atoms with Crippen LogP contribution in [0.4, 0.5) is 5.69 Å². The van der Waals surface area contributed by atoms with Crippen LogP contribution in [0.1, 0.15) is 36.5 Å². The van der Waals surface area contributed by atoms with Gasteiger partial charge in [-0.3, -0.25) is 10.6 Å². The molecule has 4 heteroatoms. The number of carbonyl (C=O) groups excluding carboxylic acids is 1. The number of nitrogen functional groups attached to an aromatic ring is 1. The summed E-state index contributed by atoms with van der Waals surface area (Å²) in [6.07, 6.45) is 3.72. The van der Waals surface area contributed by atoms with E-state index in [1.807, 2.05) is 12.1 Å². The largest absolute Gasteiger partial charge is 0.352 e. The Balaban J connectivity index is 1.91. The van der Waals surface area contributed by atoms with Crippen LogP contribution in [0.15, 0.2) is 24.3 Å². The van der Waals surface area contributed by atoms with E-state index >= 15 is 0 Å². The molecule has 1 saturated carbocycles. The van der Waals surface area contributed by atoms with E-state index in [0.29, 0.717) is 17.2 Å². The van der Waals surface area contributed by atoms with E-state index in [9.17, 15) is 4.79 Å². The van der Waals surface area contributed by atoms with Crippen LogP contribution in [0.5, 0.6) is 0 Å². The molecule has 2 rings (SSSR count). The first-order valence-electron chi connectivity index (χ1n) is 6.54. The summed E-state index contributed by atoms with van der Waals surface area (Å²) < 4.78 is 0. The number of carbonyl (C=O) groups is 1. The van der Waals surface area contributed by atoms with Crippen molar-refractivity contribution < 1.29 is 4.79 Å². The third-order valence-electron chi connectivity index (χ3n) is 3.68. The van der Waals surface area contributed by atoms with E-state index in [2.05, 4.69) is 17.7 Å². The van der Waals surface area contributed by atoms with Crippen LogP contribution in [0.3, 0.4) is 0 Å². The quantitative estimate of drug-likeness (QED) is 0.564. The molecule has 1 aliphatic carbocycles. The van der Waals surface area contributed by atoms with Gasteiger partial charge in [-0.2, -0.15) is 0 Å². The summed E-state index contributed by atoms with van der Waals surface area (Å²) >= 11 is 0. The fraction of sp³-hybridized carbons (Fsp3) is 0.500. The topological polar surface area (TPSA) is 67.2 Å². The average molecular weight is 247 g/mol. The highest BCUT2D eigenvalue weighted by molar-refractivity contribution is 5.99. The predicted octanol–water partition coefficient (Wildman–Crippen LogP) is 2.14. The van der Waals surface area contributed by atoms with Gasteiger partial charge in [-0.05, 0) is 36.8 Å². The third-order valence-corrected chi connectivity index (χ3v) is 3.68. The number of amides is 1. The summed E-state index contributed by atoms with van der Waals surface area (Å²) in [5.41, 5.74) is 3.82. The molecule has 4 N–H and O–H groups in total. The van der Waals surface area contributed by atoms with Crippen molar-refractivity contribution in [2.45, 2.75) is 26.2 Å². The summed E-state index contributed by atoms with van der Waals surface area (Å²) in [5.74, 6) is 6.77. The first-order chi connectivity index (χ1) is 8.70. The Hall–Kier alpha value is -1.55. The van der Waals surface area contributed by atoms with Crippen LogP contribution in [-0.2, 0) is 0 Å². The maximum atomic E-state index is 12.1. The van der Waals surface area contributed by atoms with Crippen molar-refractivity contribution >= 4 is 11.6 Å². The zero-order valence-electron chi connectivity index (χ0n) is 10.8. The molecule has 0 radical (unpaired) electrons. The number of anilines is 1. The van der Waals surface area contributed by atoms with Gasteiger partial charge in [0.05, 0.1) is 11.3 Å². The molecule has 1 aliphatic rings. The second-order valence-electron chi connectivity index (χ2n) is 5.18. The van der Waals surface area contributed by atoms with Gasteiger partial charge in [0.15, 0.2) is 0 Å². The van der Waals surface area contributed by atoms with Crippen molar-refractivity contribution in [1.29, 1.82) is 0 Å². The molecule has 0 aromatic heterocycles. The van der Waals surface area contributed by atoms with Crippen LogP contribution in [0.25, 0.3) is 0 Å².